The number of hydrogen-bond acceptors (Lipinski definition) is 3. The van der Waals surface area contributed by atoms with Crippen LogP contribution in [0.4, 0.5) is 0 Å². The van der Waals surface area contributed by atoms with Gasteiger partial charge in [0.05, 0.1) is 11.5 Å². The molecule has 0 spiro atoms. The number of allylic oxidation sites excluding steroid dienone is 1. The number of ether oxygens (including phenoxy) is 1. The highest BCUT2D eigenvalue weighted by atomic mass is 16.5. The lowest BCUT2D eigenvalue weighted by atomic mass is 9.97. The summed E-state index contributed by atoms with van der Waals surface area (Å²) in [6.07, 6.45) is 6.47. The van der Waals surface area contributed by atoms with Crippen LogP contribution in [0, 0.1) is 23.2 Å². The molecule has 0 fully saturated rings. The second-order valence-electron chi connectivity index (χ2n) is 6.00. The van der Waals surface area contributed by atoms with Gasteiger partial charge < -0.3 is 9.84 Å². The van der Waals surface area contributed by atoms with Crippen molar-refractivity contribution in [1.29, 1.82) is 0 Å². The van der Waals surface area contributed by atoms with E-state index < -0.39 is 11.5 Å². The SMILES string of the molecule is CCCC/C=C/[C@@H](O)[C@@H](C)C#CCOC(=O)C(C)(C)C. The van der Waals surface area contributed by atoms with Crippen LogP contribution in [0.1, 0.15) is 53.9 Å². The third-order valence-electron chi connectivity index (χ3n) is 2.79. The molecule has 0 bridgehead atoms. The molecule has 0 amide bonds. The Bertz CT molecular complexity index is 366. The van der Waals surface area contributed by atoms with Gasteiger partial charge in [0.25, 0.3) is 0 Å². The summed E-state index contributed by atoms with van der Waals surface area (Å²) >= 11 is 0. The van der Waals surface area contributed by atoms with Crippen LogP contribution in [0.5, 0.6) is 0 Å². The Balaban J connectivity index is 4.08. The van der Waals surface area contributed by atoms with Crippen molar-refractivity contribution in [3.05, 3.63) is 12.2 Å². The zero-order valence-electron chi connectivity index (χ0n) is 13.4. The van der Waals surface area contributed by atoms with Gasteiger partial charge in [-0.05, 0) is 34.1 Å². The summed E-state index contributed by atoms with van der Waals surface area (Å²) in [6.45, 7) is 9.47. The van der Waals surface area contributed by atoms with Gasteiger partial charge in [0, 0.05) is 5.92 Å². The average molecular weight is 280 g/mol. The number of aliphatic hydroxyl groups excluding tert-OH is 1. The van der Waals surface area contributed by atoms with Crippen molar-refractivity contribution in [2.24, 2.45) is 11.3 Å². The number of hydrogen-bond donors (Lipinski definition) is 1. The number of unbranched alkanes of at least 4 members (excludes halogenated alkanes) is 2. The molecule has 0 heterocycles. The molecule has 0 unspecified atom stereocenters. The Morgan fingerprint density at radius 3 is 2.60 bits per heavy atom. The highest BCUT2D eigenvalue weighted by molar-refractivity contribution is 5.75. The first kappa shape index (κ1) is 18.7. The van der Waals surface area contributed by atoms with Crippen molar-refractivity contribution < 1.29 is 14.6 Å². The van der Waals surface area contributed by atoms with Crippen LogP contribution in [0.3, 0.4) is 0 Å². The van der Waals surface area contributed by atoms with E-state index in [1.807, 2.05) is 13.0 Å². The van der Waals surface area contributed by atoms with Gasteiger partial charge in [0.15, 0.2) is 6.61 Å². The van der Waals surface area contributed by atoms with Crippen LogP contribution in [0.2, 0.25) is 0 Å². The Morgan fingerprint density at radius 2 is 2.05 bits per heavy atom. The molecule has 0 aliphatic carbocycles. The first-order valence-corrected chi connectivity index (χ1v) is 7.29. The Kier molecular flexibility index (Phi) is 9.00. The van der Waals surface area contributed by atoms with Gasteiger partial charge in [-0.25, -0.2) is 0 Å². The molecule has 0 saturated heterocycles. The van der Waals surface area contributed by atoms with Crippen LogP contribution in [0.15, 0.2) is 12.2 Å². The maximum absolute atomic E-state index is 11.5. The summed E-state index contributed by atoms with van der Waals surface area (Å²) in [5.41, 5.74) is -0.505. The fourth-order valence-corrected chi connectivity index (χ4v) is 1.33. The number of aliphatic hydroxyl groups is 1. The van der Waals surface area contributed by atoms with E-state index >= 15 is 0 Å². The highest BCUT2D eigenvalue weighted by Crippen LogP contribution is 2.14. The highest BCUT2D eigenvalue weighted by Gasteiger charge is 2.22. The molecule has 20 heavy (non-hydrogen) atoms. The zero-order chi connectivity index (χ0) is 15.6. The summed E-state index contributed by atoms with van der Waals surface area (Å²) in [5, 5.41) is 9.86. The van der Waals surface area contributed by atoms with E-state index in [-0.39, 0.29) is 18.5 Å². The molecule has 0 saturated carbocycles. The molecule has 114 valence electrons. The van der Waals surface area contributed by atoms with Gasteiger partial charge >= 0.3 is 5.97 Å². The summed E-state index contributed by atoms with van der Waals surface area (Å²) < 4.78 is 5.04. The smallest absolute Gasteiger partial charge is 0.312 e. The van der Waals surface area contributed by atoms with Crippen molar-refractivity contribution in [3.63, 3.8) is 0 Å². The predicted octanol–water partition coefficient (Wildman–Crippen LogP) is 3.32. The molecule has 0 aromatic rings. The second kappa shape index (κ2) is 9.61. The minimum Gasteiger partial charge on any atom is -0.452 e. The molecule has 0 radical (unpaired) electrons. The zero-order valence-corrected chi connectivity index (χ0v) is 13.4. The Morgan fingerprint density at radius 1 is 1.40 bits per heavy atom. The molecule has 0 rings (SSSR count). The molecule has 0 aromatic carbocycles. The molecule has 2 atom stereocenters. The Hall–Kier alpha value is -1.27. The van der Waals surface area contributed by atoms with E-state index in [1.165, 1.54) is 0 Å². The van der Waals surface area contributed by atoms with Crippen LogP contribution in [-0.2, 0) is 9.53 Å². The first-order valence-electron chi connectivity index (χ1n) is 7.29. The third kappa shape index (κ3) is 8.77. The largest absolute Gasteiger partial charge is 0.452 e. The maximum atomic E-state index is 11.5. The van der Waals surface area contributed by atoms with Gasteiger partial charge in [-0.1, -0.05) is 43.8 Å². The normalized spacial score (nSPS) is 14.5. The fraction of sp³-hybridized carbons (Fsp3) is 0.706. The summed E-state index contributed by atoms with van der Waals surface area (Å²) in [6, 6.07) is 0. The summed E-state index contributed by atoms with van der Waals surface area (Å²) in [7, 11) is 0. The van der Waals surface area contributed by atoms with E-state index in [0.29, 0.717) is 0 Å². The lowest BCUT2D eigenvalue weighted by molar-refractivity contribution is -0.151. The van der Waals surface area contributed by atoms with Crippen LogP contribution >= 0.6 is 0 Å². The molecular formula is C17H28O3. The third-order valence-corrected chi connectivity index (χ3v) is 2.79. The van der Waals surface area contributed by atoms with E-state index in [1.54, 1.807) is 26.8 Å². The Labute approximate surface area is 123 Å². The minimum atomic E-state index is -0.572. The van der Waals surface area contributed by atoms with E-state index in [0.717, 1.165) is 19.3 Å². The van der Waals surface area contributed by atoms with Gasteiger partial charge in [-0.2, -0.15) is 0 Å². The van der Waals surface area contributed by atoms with Gasteiger partial charge in [-0.3, -0.25) is 4.79 Å². The standard InChI is InChI=1S/C17H28O3/c1-6-7-8-9-12-15(18)14(2)11-10-13-20-16(19)17(3,4)5/h9,12,14-15,18H,6-8,13H2,1-5H3/b12-9+/t14-,15+/m0/s1. The van der Waals surface area contributed by atoms with Gasteiger partial charge in [0.1, 0.15) is 0 Å². The van der Waals surface area contributed by atoms with Crippen LogP contribution in [-0.4, -0.2) is 23.8 Å². The van der Waals surface area contributed by atoms with Crippen molar-refractivity contribution in [2.75, 3.05) is 6.61 Å². The molecule has 1 N–H and O–H groups in total. The maximum Gasteiger partial charge on any atom is 0.312 e. The fourth-order valence-electron chi connectivity index (χ4n) is 1.33. The number of rotatable bonds is 6. The van der Waals surface area contributed by atoms with E-state index in [9.17, 15) is 9.90 Å². The van der Waals surface area contributed by atoms with Crippen LogP contribution < -0.4 is 0 Å². The predicted molar refractivity (Wildman–Crippen MR) is 82.0 cm³/mol. The molecule has 3 heteroatoms. The molecular weight excluding hydrogens is 252 g/mol. The van der Waals surface area contributed by atoms with Crippen molar-refractivity contribution in [3.8, 4) is 11.8 Å². The topological polar surface area (TPSA) is 46.5 Å². The second-order valence-corrected chi connectivity index (χ2v) is 6.00. The summed E-state index contributed by atoms with van der Waals surface area (Å²) in [5.74, 6) is 5.26. The van der Waals surface area contributed by atoms with E-state index in [2.05, 4.69) is 18.8 Å². The molecule has 3 nitrogen and oxygen atoms in total. The number of carbonyl (C=O) groups is 1. The van der Waals surface area contributed by atoms with Crippen LogP contribution in [0.25, 0.3) is 0 Å². The molecule has 0 aliphatic heterocycles. The summed E-state index contributed by atoms with van der Waals surface area (Å²) in [4.78, 5) is 11.5. The molecule has 0 aliphatic rings. The van der Waals surface area contributed by atoms with Gasteiger partial charge in [-0.15, -0.1) is 0 Å². The monoisotopic (exact) mass is 280 g/mol. The van der Waals surface area contributed by atoms with Crippen molar-refractivity contribution in [1.82, 2.24) is 0 Å². The average Bonchev–Trinajstić information content (AvgIpc) is 2.37. The van der Waals surface area contributed by atoms with E-state index in [4.69, 9.17) is 4.74 Å². The molecule has 0 aromatic heterocycles. The quantitative estimate of drug-likeness (QED) is 0.351. The van der Waals surface area contributed by atoms with Crippen molar-refractivity contribution in [2.45, 2.75) is 60.0 Å². The number of carbonyl (C=O) groups excluding carboxylic acids is 1. The minimum absolute atomic E-state index is 0.0761. The van der Waals surface area contributed by atoms with Crippen molar-refractivity contribution >= 4 is 5.97 Å². The number of esters is 1. The first-order chi connectivity index (χ1) is 9.29. The lowest BCUT2D eigenvalue weighted by Crippen LogP contribution is -2.23. The lowest BCUT2D eigenvalue weighted by Gasteiger charge is -2.15. The van der Waals surface area contributed by atoms with Gasteiger partial charge in [0.2, 0.25) is 0 Å².